The quantitative estimate of drug-likeness (QED) is 0.846. The third-order valence-corrected chi connectivity index (χ3v) is 4.12. The molecule has 0 atom stereocenters. The summed E-state index contributed by atoms with van der Waals surface area (Å²) >= 11 is 5.93. The Bertz CT molecular complexity index is 436. The van der Waals surface area contributed by atoms with E-state index in [0.29, 0.717) is 11.1 Å². The number of hydrogen-bond acceptors (Lipinski definition) is 1. The summed E-state index contributed by atoms with van der Waals surface area (Å²) in [6, 6.07) is 8.03. The minimum absolute atomic E-state index is 0.0684. The SMILES string of the molecule is CCC(CC)(NC(=O)NC1CC1)c1ccc(Cl)cc1. The van der Waals surface area contributed by atoms with Crippen LogP contribution in [-0.2, 0) is 5.54 Å². The van der Waals surface area contributed by atoms with E-state index in [1.807, 2.05) is 24.3 Å². The summed E-state index contributed by atoms with van der Waals surface area (Å²) in [4.78, 5) is 12.0. The van der Waals surface area contributed by atoms with Crippen molar-refractivity contribution in [3.63, 3.8) is 0 Å². The van der Waals surface area contributed by atoms with Crippen molar-refractivity contribution in [1.82, 2.24) is 10.6 Å². The van der Waals surface area contributed by atoms with Crippen molar-refractivity contribution in [2.75, 3.05) is 0 Å². The number of amides is 2. The zero-order chi connectivity index (χ0) is 13.9. The molecule has 1 saturated carbocycles. The van der Waals surface area contributed by atoms with Crippen LogP contribution in [0.4, 0.5) is 4.79 Å². The van der Waals surface area contributed by atoms with Crippen molar-refractivity contribution in [2.24, 2.45) is 0 Å². The lowest BCUT2D eigenvalue weighted by Gasteiger charge is -2.33. The maximum absolute atomic E-state index is 12.0. The van der Waals surface area contributed by atoms with Gasteiger partial charge in [0, 0.05) is 11.1 Å². The van der Waals surface area contributed by atoms with E-state index >= 15 is 0 Å². The zero-order valence-electron chi connectivity index (χ0n) is 11.5. The number of carbonyl (C=O) groups excluding carboxylic acids is 1. The van der Waals surface area contributed by atoms with Gasteiger partial charge in [0.2, 0.25) is 0 Å². The predicted octanol–water partition coefficient (Wildman–Crippen LogP) is 3.82. The van der Waals surface area contributed by atoms with Crippen LogP contribution < -0.4 is 10.6 Å². The standard InChI is InChI=1S/C15H21ClN2O/c1-3-15(4-2,11-5-7-12(16)8-6-11)18-14(19)17-13-9-10-13/h5-8,13H,3-4,9-10H2,1-2H3,(H2,17,18,19). The van der Waals surface area contributed by atoms with Gasteiger partial charge in [-0.05, 0) is 43.4 Å². The van der Waals surface area contributed by atoms with E-state index in [1.165, 1.54) is 0 Å². The van der Waals surface area contributed by atoms with E-state index in [4.69, 9.17) is 11.6 Å². The van der Waals surface area contributed by atoms with Crippen molar-refractivity contribution in [3.8, 4) is 0 Å². The van der Waals surface area contributed by atoms with Crippen molar-refractivity contribution < 1.29 is 4.79 Å². The first-order chi connectivity index (χ1) is 9.09. The van der Waals surface area contributed by atoms with Crippen LogP contribution in [0, 0.1) is 0 Å². The molecular weight excluding hydrogens is 260 g/mol. The molecule has 1 aromatic carbocycles. The Balaban J connectivity index is 2.15. The lowest BCUT2D eigenvalue weighted by atomic mass is 9.85. The average molecular weight is 281 g/mol. The summed E-state index contributed by atoms with van der Waals surface area (Å²) in [7, 11) is 0. The summed E-state index contributed by atoms with van der Waals surface area (Å²) in [5, 5.41) is 6.84. The summed E-state index contributed by atoms with van der Waals surface area (Å²) < 4.78 is 0. The van der Waals surface area contributed by atoms with E-state index in [-0.39, 0.29) is 11.6 Å². The molecule has 0 heterocycles. The van der Waals surface area contributed by atoms with Gasteiger partial charge >= 0.3 is 6.03 Å². The third-order valence-electron chi connectivity index (χ3n) is 3.87. The molecule has 104 valence electrons. The molecule has 0 spiro atoms. The van der Waals surface area contributed by atoms with Crippen LogP contribution in [0.2, 0.25) is 5.02 Å². The van der Waals surface area contributed by atoms with Crippen LogP contribution in [0.15, 0.2) is 24.3 Å². The van der Waals surface area contributed by atoms with E-state index in [2.05, 4.69) is 24.5 Å². The molecule has 0 aliphatic heterocycles. The van der Waals surface area contributed by atoms with Gasteiger partial charge in [-0.15, -0.1) is 0 Å². The minimum Gasteiger partial charge on any atom is -0.335 e. The van der Waals surface area contributed by atoms with Crippen LogP contribution in [0.25, 0.3) is 0 Å². The van der Waals surface area contributed by atoms with Crippen LogP contribution in [-0.4, -0.2) is 12.1 Å². The molecule has 1 aliphatic carbocycles. The Labute approximate surface area is 119 Å². The molecule has 0 unspecified atom stereocenters. The van der Waals surface area contributed by atoms with Gasteiger partial charge in [-0.25, -0.2) is 4.79 Å². The van der Waals surface area contributed by atoms with E-state index in [0.717, 1.165) is 31.2 Å². The average Bonchev–Trinajstić information content (AvgIpc) is 3.21. The maximum atomic E-state index is 12.0. The molecule has 3 nitrogen and oxygen atoms in total. The summed E-state index contributed by atoms with van der Waals surface area (Å²) in [6.45, 7) is 4.19. The highest BCUT2D eigenvalue weighted by atomic mass is 35.5. The monoisotopic (exact) mass is 280 g/mol. The number of benzene rings is 1. The smallest absolute Gasteiger partial charge is 0.315 e. The molecule has 0 bridgehead atoms. The highest BCUT2D eigenvalue weighted by Gasteiger charge is 2.32. The Morgan fingerprint density at radius 3 is 2.32 bits per heavy atom. The van der Waals surface area contributed by atoms with Crippen molar-refractivity contribution in [1.29, 1.82) is 0 Å². The molecule has 2 rings (SSSR count). The largest absolute Gasteiger partial charge is 0.335 e. The first kappa shape index (κ1) is 14.2. The fourth-order valence-electron chi connectivity index (χ4n) is 2.34. The van der Waals surface area contributed by atoms with E-state index < -0.39 is 0 Å². The Morgan fingerprint density at radius 2 is 1.84 bits per heavy atom. The highest BCUT2D eigenvalue weighted by Crippen LogP contribution is 2.30. The van der Waals surface area contributed by atoms with Crippen molar-refractivity contribution in [2.45, 2.75) is 51.1 Å². The van der Waals surface area contributed by atoms with Gasteiger partial charge in [-0.2, -0.15) is 0 Å². The number of urea groups is 1. The molecule has 19 heavy (non-hydrogen) atoms. The molecule has 0 saturated heterocycles. The molecule has 2 N–H and O–H groups in total. The first-order valence-electron chi connectivity index (χ1n) is 6.94. The number of carbonyl (C=O) groups is 1. The molecule has 2 amide bonds. The molecular formula is C15H21ClN2O. The summed E-state index contributed by atoms with van der Waals surface area (Å²) in [5.41, 5.74) is 0.789. The van der Waals surface area contributed by atoms with Crippen LogP contribution in [0.3, 0.4) is 0 Å². The molecule has 4 heteroatoms. The number of nitrogens with one attached hydrogen (secondary N) is 2. The van der Waals surface area contributed by atoms with Crippen molar-refractivity contribution >= 4 is 17.6 Å². The summed E-state index contributed by atoms with van der Waals surface area (Å²) in [6.07, 6.45) is 3.89. The van der Waals surface area contributed by atoms with Gasteiger partial charge in [0.15, 0.2) is 0 Å². The topological polar surface area (TPSA) is 41.1 Å². The van der Waals surface area contributed by atoms with Gasteiger partial charge in [0.1, 0.15) is 0 Å². The van der Waals surface area contributed by atoms with Crippen molar-refractivity contribution in [3.05, 3.63) is 34.9 Å². The van der Waals surface area contributed by atoms with Crippen LogP contribution >= 0.6 is 11.6 Å². The summed E-state index contributed by atoms with van der Waals surface area (Å²) in [5.74, 6) is 0. The van der Waals surface area contributed by atoms with Gasteiger partial charge in [0.05, 0.1) is 5.54 Å². The molecule has 1 aromatic rings. The maximum Gasteiger partial charge on any atom is 0.315 e. The second kappa shape index (κ2) is 5.83. The van der Waals surface area contributed by atoms with Crippen LogP contribution in [0.1, 0.15) is 45.1 Å². The fraction of sp³-hybridized carbons (Fsp3) is 0.533. The normalized spacial score (nSPS) is 15.1. The Morgan fingerprint density at radius 1 is 1.26 bits per heavy atom. The Kier molecular flexibility index (Phi) is 4.35. The fourth-order valence-corrected chi connectivity index (χ4v) is 2.47. The number of halogens is 1. The first-order valence-corrected chi connectivity index (χ1v) is 7.32. The van der Waals surface area contributed by atoms with Crippen LogP contribution in [0.5, 0.6) is 0 Å². The zero-order valence-corrected chi connectivity index (χ0v) is 12.3. The lowest BCUT2D eigenvalue weighted by Crippen LogP contribution is -2.49. The number of hydrogen-bond donors (Lipinski definition) is 2. The number of rotatable bonds is 5. The highest BCUT2D eigenvalue weighted by molar-refractivity contribution is 6.30. The van der Waals surface area contributed by atoms with Gasteiger partial charge in [0.25, 0.3) is 0 Å². The second-order valence-electron chi connectivity index (χ2n) is 5.17. The van der Waals surface area contributed by atoms with E-state index in [1.54, 1.807) is 0 Å². The molecule has 0 radical (unpaired) electrons. The van der Waals surface area contributed by atoms with Gasteiger partial charge in [-0.1, -0.05) is 37.6 Å². The lowest BCUT2D eigenvalue weighted by molar-refractivity contribution is 0.220. The molecule has 1 aliphatic rings. The molecule has 1 fully saturated rings. The second-order valence-corrected chi connectivity index (χ2v) is 5.61. The Hall–Kier alpha value is -1.22. The molecule has 0 aromatic heterocycles. The predicted molar refractivity (Wildman–Crippen MR) is 78.4 cm³/mol. The van der Waals surface area contributed by atoms with E-state index in [9.17, 15) is 4.79 Å². The van der Waals surface area contributed by atoms with Gasteiger partial charge < -0.3 is 10.6 Å². The minimum atomic E-state index is -0.316. The van der Waals surface area contributed by atoms with Gasteiger partial charge in [-0.3, -0.25) is 0 Å². The third kappa shape index (κ3) is 3.41.